The first kappa shape index (κ1) is 73.2. The number of rotatable bonds is 0. The van der Waals surface area contributed by atoms with Gasteiger partial charge in [-0.1, -0.05) is 0 Å². The van der Waals surface area contributed by atoms with Crippen molar-refractivity contribution in [1.82, 2.24) is 0 Å². The number of hydrogen-bond acceptors (Lipinski definition) is 0. The van der Waals surface area contributed by atoms with Crippen LogP contribution in [0.2, 0.25) is 0 Å². The van der Waals surface area contributed by atoms with Crippen molar-refractivity contribution in [2.75, 3.05) is 0 Å². The molecular formula is H4CdI4K2O2. The van der Waals surface area contributed by atoms with Crippen molar-refractivity contribution in [3.63, 3.8) is 0 Å². The summed E-state index contributed by atoms with van der Waals surface area (Å²) in [6, 6.07) is 0. The van der Waals surface area contributed by atoms with Crippen molar-refractivity contribution >= 4 is 0 Å². The van der Waals surface area contributed by atoms with Crippen LogP contribution in [0.1, 0.15) is 0 Å². The van der Waals surface area contributed by atoms with E-state index in [0.29, 0.717) is 0 Å². The quantitative estimate of drug-likeness (QED) is 0.176. The smallest absolute Gasteiger partial charge is 1.00 e. The molecule has 0 saturated heterocycles. The van der Waals surface area contributed by atoms with Crippen molar-refractivity contribution in [3.8, 4) is 0 Å². The molecule has 0 unspecified atom stereocenters. The average molecular weight is 734 g/mol. The van der Waals surface area contributed by atoms with Crippen LogP contribution in [0.15, 0.2) is 0 Å². The van der Waals surface area contributed by atoms with E-state index in [1.54, 1.807) is 0 Å². The van der Waals surface area contributed by atoms with Gasteiger partial charge in [0.2, 0.25) is 0 Å². The molecule has 0 amide bonds. The molecule has 0 aliphatic rings. The van der Waals surface area contributed by atoms with Crippen molar-refractivity contribution in [2.24, 2.45) is 0 Å². The van der Waals surface area contributed by atoms with Gasteiger partial charge >= 0.3 is 130 Å². The Morgan fingerprint density at radius 2 is 0.444 bits per heavy atom. The third kappa shape index (κ3) is 51.6. The Hall–Kier alpha value is 7.03. The largest absolute Gasteiger partial charge is 2.00 e. The third-order valence-corrected chi connectivity index (χ3v) is 0. The monoisotopic (exact) mass is 735 g/mol. The van der Waals surface area contributed by atoms with E-state index >= 15 is 0 Å². The number of halogens is 4. The summed E-state index contributed by atoms with van der Waals surface area (Å²) < 4.78 is 0. The minimum atomic E-state index is 0. The first-order chi connectivity index (χ1) is 0. The summed E-state index contributed by atoms with van der Waals surface area (Å²) in [6.45, 7) is 0. The van der Waals surface area contributed by atoms with Crippen molar-refractivity contribution < 1.29 is 237 Å². The summed E-state index contributed by atoms with van der Waals surface area (Å²) >= 11 is 0. The van der Waals surface area contributed by atoms with Crippen LogP contribution in [0.25, 0.3) is 0 Å². The maximum atomic E-state index is 0. The van der Waals surface area contributed by atoms with Crippen molar-refractivity contribution in [3.05, 3.63) is 0 Å². The summed E-state index contributed by atoms with van der Waals surface area (Å²) in [4.78, 5) is 0. The van der Waals surface area contributed by atoms with Gasteiger partial charge in [0.1, 0.15) is 0 Å². The standard InChI is InChI=1S/Cd.4HI.2K.2H2O/h;4*1H;;;2*1H2/q+2;;;;;2*+1;;/p-4. The Kier molecular flexibility index (Phi) is 487. The van der Waals surface area contributed by atoms with E-state index in [-0.39, 0.29) is 237 Å². The summed E-state index contributed by atoms with van der Waals surface area (Å²) in [5, 5.41) is 0. The Morgan fingerprint density at radius 1 is 0.444 bits per heavy atom. The summed E-state index contributed by atoms with van der Waals surface area (Å²) in [7, 11) is 0. The van der Waals surface area contributed by atoms with Crippen LogP contribution in [0, 0.1) is 0 Å². The van der Waals surface area contributed by atoms with Gasteiger partial charge in [-0.05, 0) is 0 Å². The van der Waals surface area contributed by atoms with Gasteiger partial charge in [-0.2, -0.15) is 0 Å². The predicted molar refractivity (Wildman–Crippen MR) is 7.23 cm³/mol. The fourth-order valence-electron chi connectivity index (χ4n) is 0. The average Bonchev–Trinajstić information content (AvgIpc) is 0. The molecule has 9 heteroatoms. The SMILES string of the molecule is O.O.[Cd+2].[I-].[I-].[I-].[I-].[K+].[K+]. The minimum absolute atomic E-state index is 0. The van der Waals surface area contributed by atoms with Gasteiger partial charge in [0.25, 0.3) is 0 Å². The Balaban J connectivity index is 0. The van der Waals surface area contributed by atoms with E-state index in [1.807, 2.05) is 0 Å². The van der Waals surface area contributed by atoms with E-state index in [4.69, 9.17) is 0 Å². The van der Waals surface area contributed by atoms with Gasteiger partial charge in [-0.3, -0.25) is 0 Å². The molecule has 0 aromatic rings. The number of hydrogen-bond donors (Lipinski definition) is 0. The summed E-state index contributed by atoms with van der Waals surface area (Å²) in [6.07, 6.45) is 0. The van der Waals surface area contributed by atoms with Gasteiger partial charge in [0.15, 0.2) is 0 Å². The molecule has 0 fully saturated rings. The van der Waals surface area contributed by atoms with Crippen LogP contribution in [0.3, 0.4) is 0 Å². The molecule has 0 aromatic carbocycles. The van der Waals surface area contributed by atoms with Gasteiger partial charge in [-0.25, -0.2) is 0 Å². The normalized spacial score (nSPS) is 0. The van der Waals surface area contributed by atoms with E-state index in [9.17, 15) is 0 Å². The van der Waals surface area contributed by atoms with Gasteiger partial charge in [-0.15, -0.1) is 0 Å². The van der Waals surface area contributed by atoms with E-state index in [2.05, 4.69) is 0 Å². The second-order valence-corrected chi connectivity index (χ2v) is 0. The first-order valence-electron chi connectivity index (χ1n) is 0. The van der Waals surface area contributed by atoms with Crippen molar-refractivity contribution in [1.29, 1.82) is 0 Å². The molecule has 48 valence electrons. The first-order valence-corrected chi connectivity index (χ1v) is 0. The molecule has 0 atom stereocenters. The molecule has 0 rings (SSSR count). The minimum Gasteiger partial charge on any atom is -1.00 e. The summed E-state index contributed by atoms with van der Waals surface area (Å²) in [5.74, 6) is 0. The second-order valence-electron chi connectivity index (χ2n) is 0. The molecule has 4 N–H and O–H groups in total. The molecule has 0 aliphatic heterocycles. The van der Waals surface area contributed by atoms with E-state index in [1.165, 1.54) is 0 Å². The predicted octanol–water partition coefficient (Wildman–Crippen LogP) is -19.6. The third-order valence-electron chi connectivity index (χ3n) is 0. The van der Waals surface area contributed by atoms with Gasteiger partial charge in [0.05, 0.1) is 0 Å². The molecule has 0 spiro atoms. The van der Waals surface area contributed by atoms with Gasteiger partial charge < -0.3 is 107 Å². The van der Waals surface area contributed by atoms with Crippen LogP contribution in [-0.4, -0.2) is 11.0 Å². The van der Waals surface area contributed by atoms with Crippen LogP contribution in [-0.2, 0) is 27.3 Å². The fourth-order valence-corrected chi connectivity index (χ4v) is 0. The Bertz CT molecular complexity index is 16.5. The fraction of sp³-hybridized carbons (Fsp3) is 0. The van der Waals surface area contributed by atoms with Crippen LogP contribution in [0.5, 0.6) is 0 Å². The zero-order valence-corrected chi connectivity index (χ0v) is 24.1. The maximum absolute atomic E-state index is 0. The maximum Gasteiger partial charge on any atom is 2.00 e. The Morgan fingerprint density at radius 3 is 0.444 bits per heavy atom. The molecule has 0 aliphatic carbocycles. The second kappa shape index (κ2) is 59.8. The van der Waals surface area contributed by atoms with Crippen molar-refractivity contribution in [2.45, 2.75) is 0 Å². The zero-order chi connectivity index (χ0) is 0. The molecule has 0 heterocycles. The Labute approximate surface area is 229 Å². The van der Waals surface area contributed by atoms with Gasteiger partial charge in [0, 0.05) is 0 Å². The molecule has 0 saturated carbocycles. The van der Waals surface area contributed by atoms with Crippen LogP contribution < -0.4 is 199 Å². The molecule has 9 heavy (non-hydrogen) atoms. The summed E-state index contributed by atoms with van der Waals surface area (Å²) in [5.41, 5.74) is 0. The van der Waals surface area contributed by atoms with Crippen LogP contribution >= 0.6 is 0 Å². The van der Waals surface area contributed by atoms with E-state index < -0.39 is 0 Å². The molecule has 0 aromatic heterocycles. The zero-order valence-electron chi connectivity index (χ0n) is 5.22. The molecule has 2 nitrogen and oxygen atoms in total. The van der Waals surface area contributed by atoms with Crippen LogP contribution in [0.4, 0.5) is 0 Å². The molecular weight excluding hydrogens is 730 g/mol. The molecule has 0 bridgehead atoms. The topological polar surface area (TPSA) is 63.0 Å². The molecule has 0 radical (unpaired) electrons. The van der Waals surface area contributed by atoms with E-state index in [0.717, 1.165) is 0 Å².